The predicted molar refractivity (Wildman–Crippen MR) is 80.7 cm³/mol. The fourth-order valence-electron chi connectivity index (χ4n) is 2.61. The second-order valence-corrected chi connectivity index (χ2v) is 5.37. The number of rotatable bonds is 5. The van der Waals surface area contributed by atoms with Gasteiger partial charge in [-0.05, 0) is 37.7 Å². The van der Waals surface area contributed by atoms with Crippen LogP contribution in [0.15, 0.2) is 48.5 Å². The van der Waals surface area contributed by atoms with Crippen LogP contribution in [-0.2, 0) is 6.54 Å². The molecule has 0 heterocycles. The Morgan fingerprint density at radius 2 is 1.67 bits per heavy atom. The van der Waals surface area contributed by atoms with Crippen molar-refractivity contribution in [2.75, 3.05) is 7.05 Å². The molecule has 2 unspecified atom stereocenters. The summed E-state index contributed by atoms with van der Waals surface area (Å²) in [6, 6.07) is 12.5. The van der Waals surface area contributed by atoms with Crippen molar-refractivity contribution in [3.8, 4) is 0 Å². The van der Waals surface area contributed by atoms with Crippen molar-refractivity contribution in [1.29, 1.82) is 0 Å². The third-order valence-electron chi connectivity index (χ3n) is 3.54. The van der Waals surface area contributed by atoms with Crippen molar-refractivity contribution in [3.63, 3.8) is 0 Å². The van der Waals surface area contributed by atoms with Gasteiger partial charge in [0.15, 0.2) is 0 Å². The quantitative estimate of drug-likeness (QED) is 0.913. The average molecular weight is 290 g/mol. The predicted octanol–water partition coefficient (Wildman–Crippen LogP) is 3.49. The molecule has 0 aliphatic rings. The van der Waals surface area contributed by atoms with Crippen LogP contribution in [0.2, 0.25) is 0 Å². The molecule has 0 radical (unpaired) electrons. The van der Waals surface area contributed by atoms with E-state index in [9.17, 15) is 8.78 Å². The molecule has 0 saturated carbocycles. The lowest BCUT2D eigenvalue weighted by atomic mass is 9.98. The Kier molecular flexibility index (Phi) is 5.04. The van der Waals surface area contributed by atoms with E-state index in [0.717, 1.165) is 5.56 Å². The number of likely N-dealkylation sites (N-methyl/N-ethyl adjacent to an activating group) is 1. The zero-order chi connectivity index (χ0) is 15.4. The molecule has 2 N–H and O–H groups in total. The van der Waals surface area contributed by atoms with E-state index in [1.165, 1.54) is 18.2 Å². The molecule has 0 saturated heterocycles. The molecule has 0 fully saturated rings. The lowest BCUT2D eigenvalue weighted by Gasteiger charge is -2.31. The number of nitrogens with zero attached hydrogens (tertiary/aromatic N) is 1. The van der Waals surface area contributed by atoms with Crippen molar-refractivity contribution in [2.45, 2.75) is 25.6 Å². The molecule has 2 aromatic carbocycles. The summed E-state index contributed by atoms with van der Waals surface area (Å²) in [4.78, 5) is 1.98. The number of hydrogen-bond acceptors (Lipinski definition) is 2. The monoisotopic (exact) mass is 290 g/mol. The van der Waals surface area contributed by atoms with E-state index in [0.29, 0.717) is 12.1 Å². The highest BCUT2D eigenvalue weighted by Crippen LogP contribution is 2.26. The number of nitrogens with two attached hydrogens (primary N) is 1. The Hall–Kier alpha value is -1.78. The number of hydrogen-bond donors (Lipinski definition) is 1. The number of halogens is 2. The van der Waals surface area contributed by atoms with Crippen LogP contribution in [0.5, 0.6) is 0 Å². The minimum absolute atomic E-state index is 0.229. The molecular formula is C17H20F2N2. The summed E-state index contributed by atoms with van der Waals surface area (Å²) in [5.74, 6) is -0.523. The highest BCUT2D eigenvalue weighted by Gasteiger charge is 2.23. The first-order valence-electron chi connectivity index (χ1n) is 6.93. The molecule has 0 aromatic heterocycles. The summed E-state index contributed by atoms with van der Waals surface area (Å²) >= 11 is 0. The van der Waals surface area contributed by atoms with Gasteiger partial charge < -0.3 is 5.73 Å². The first kappa shape index (κ1) is 15.6. The maximum Gasteiger partial charge on any atom is 0.128 e. The first-order chi connectivity index (χ1) is 9.99. The third-order valence-corrected chi connectivity index (χ3v) is 3.54. The van der Waals surface area contributed by atoms with Crippen molar-refractivity contribution in [3.05, 3.63) is 71.3 Å². The zero-order valence-electron chi connectivity index (χ0n) is 12.3. The molecule has 0 aliphatic carbocycles. The Bertz CT molecular complexity index is 582. The van der Waals surface area contributed by atoms with Gasteiger partial charge in [-0.25, -0.2) is 8.78 Å². The van der Waals surface area contributed by atoms with E-state index in [1.807, 2.05) is 18.9 Å². The topological polar surface area (TPSA) is 29.3 Å². The van der Waals surface area contributed by atoms with Gasteiger partial charge in [0.2, 0.25) is 0 Å². The van der Waals surface area contributed by atoms with Crippen LogP contribution in [-0.4, -0.2) is 18.0 Å². The van der Waals surface area contributed by atoms with E-state index in [1.54, 1.807) is 30.3 Å². The summed E-state index contributed by atoms with van der Waals surface area (Å²) in [5, 5.41) is 0. The van der Waals surface area contributed by atoms with Crippen LogP contribution in [0.4, 0.5) is 8.78 Å². The molecule has 0 bridgehead atoms. The second kappa shape index (κ2) is 6.78. The van der Waals surface area contributed by atoms with Crippen molar-refractivity contribution < 1.29 is 8.78 Å². The average Bonchev–Trinajstić information content (AvgIpc) is 2.43. The smallest absolute Gasteiger partial charge is 0.128 e. The SMILES string of the molecule is CC(N)C(c1ccccc1F)N(C)Cc1ccc(F)cc1. The van der Waals surface area contributed by atoms with E-state index >= 15 is 0 Å². The van der Waals surface area contributed by atoms with E-state index in [-0.39, 0.29) is 23.7 Å². The fraction of sp³-hybridized carbons (Fsp3) is 0.294. The molecule has 2 aromatic rings. The zero-order valence-corrected chi connectivity index (χ0v) is 12.3. The summed E-state index contributed by atoms with van der Waals surface area (Å²) in [6.45, 7) is 2.43. The summed E-state index contributed by atoms with van der Waals surface area (Å²) < 4.78 is 27.0. The van der Waals surface area contributed by atoms with Crippen LogP contribution >= 0.6 is 0 Å². The summed E-state index contributed by atoms with van der Waals surface area (Å²) in [7, 11) is 1.89. The molecule has 2 atom stereocenters. The van der Waals surface area contributed by atoms with Crippen LogP contribution in [0.1, 0.15) is 24.1 Å². The minimum atomic E-state index is -0.265. The van der Waals surface area contributed by atoms with Gasteiger partial charge in [-0.15, -0.1) is 0 Å². The molecule has 0 spiro atoms. The largest absolute Gasteiger partial charge is 0.326 e. The van der Waals surface area contributed by atoms with Crippen molar-refractivity contribution >= 4 is 0 Å². The Balaban J connectivity index is 2.22. The molecule has 21 heavy (non-hydrogen) atoms. The van der Waals surface area contributed by atoms with E-state index in [2.05, 4.69) is 0 Å². The highest BCUT2D eigenvalue weighted by atomic mass is 19.1. The minimum Gasteiger partial charge on any atom is -0.326 e. The van der Waals surface area contributed by atoms with Crippen molar-refractivity contribution in [2.24, 2.45) is 5.73 Å². The molecular weight excluding hydrogens is 270 g/mol. The van der Waals surface area contributed by atoms with Gasteiger partial charge in [0.25, 0.3) is 0 Å². The van der Waals surface area contributed by atoms with Crippen LogP contribution in [0.3, 0.4) is 0 Å². The molecule has 2 nitrogen and oxygen atoms in total. The van der Waals surface area contributed by atoms with Crippen molar-refractivity contribution in [1.82, 2.24) is 4.90 Å². The second-order valence-electron chi connectivity index (χ2n) is 5.37. The van der Waals surface area contributed by atoms with Gasteiger partial charge in [-0.1, -0.05) is 30.3 Å². The Morgan fingerprint density at radius 1 is 1.05 bits per heavy atom. The fourth-order valence-corrected chi connectivity index (χ4v) is 2.61. The Labute approximate surface area is 124 Å². The van der Waals surface area contributed by atoms with Gasteiger partial charge in [-0.3, -0.25) is 4.90 Å². The summed E-state index contributed by atoms with van der Waals surface area (Å²) in [6.07, 6.45) is 0. The lowest BCUT2D eigenvalue weighted by Crippen LogP contribution is -2.37. The van der Waals surface area contributed by atoms with E-state index < -0.39 is 0 Å². The molecule has 0 amide bonds. The van der Waals surface area contributed by atoms with Gasteiger partial charge in [-0.2, -0.15) is 0 Å². The van der Waals surface area contributed by atoms with Crippen LogP contribution in [0.25, 0.3) is 0 Å². The lowest BCUT2D eigenvalue weighted by molar-refractivity contribution is 0.206. The third kappa shape index (κ3) is 3.86. The number of benzene rings is 2. The van der Waals surface area contributed by atoms with E-state index in [4.69, 9.17) is 5.73 Å². The first-order valence-corrected chi connectivity index (χ1v) is 6.93. The summed E-state index contributed by atoms with van der Waals surface area (Å²) in [5.41, 5.74) is 7.59. The normalized spacial score (nSPS) is 14.2. The van der Waals surface area contributed by atoms with Gasteiger partial charge in [0, 0.05) is 18.2 Å². The highest BCUT2D eigenvalue weighted by molar-refractivity contribution is 5.23. The van der Waals surface area contributed by atoms with Gasteiger partial charge in [0.1, 0.15) is 11.6 Å². The standard InChI is InChI=1S/C17H20F2N2/c1-12(20)17(15-5-3-4-6-16(15)19)21(2)11-13-7-9-14(18)10-8-13/h3-10,12,17H,11,20H2,1-2H3. The maximum atomic E-state index is 14.0. The maximum absolute atomic E-state index is 14.0. The molecule has 0 aliphatic heterocycles. The van der Waals surface area contributed by atoms with Gasteiger partial charge in [0.05, 0.1) is 6.04 Å². The molecule has 2 rings (SSSR count). The Morgan fingerprint density at radius 3 is 2.24 bits per heavy atom. The molecule has 4 heteroatoms. The van der Waals surface area contributed by atoms with Gasteiger partial charge >= 0.3 is 0 Å². The van der Waals surface area contributed by atoms with Crippen LogP contribution < -0.4 is 5.73 Å². The van der Waals surface area contributed by atoms with Crippen LogP contribution in [0, 0.1) is 11.6 Å². The molecule has 112 valence electrons.